The van der Waals surface area contributed by atoms with Crippen LogP contribution in [-0.4, -0.2) is 0 Å². The predicted molar refractivity (Wildman–Crippen MR) is 97.8 cm³/mol. The van der Waals surface area contributed by atoms with Crippen molar-refractivity contribution < 1.29 is 0 Å². The van der Waals surface area contributed by atoms with E-state index in [1.807, 2.05) is 6.07 Å². The summed E-state index contributed by atoms with van der Waals surface area (Å²) in [7, 11) is 0. The summed E-state index contributed by atoms with van der Waals surface area (Å²) >= 11 is 0. The Morgan fingerprint density at radius 2 is 1.17 bits per heavy atom. The highest BCUT2D eigenvalue weighted by Gasteiger charge is 2.01. The van der Waals surface area contributed by atoms with Crippen molar-refractivity contribution in [1.29, 1.82) is 0 Å². The molecule has 0 aliphatic carbocycles. The van der Waals surface area contributed by atoms with Crippen LogP contribution in [0.15, 0.2) is 97.1 Å². The van der Waals surface area contributed by atoms with Gasteiger partial charge >= 0.3 is 0 Å². The van der Waals surface area contributed by atoms with Gasteiger partial charge in [0, 0.05) is 12.2 Å². The van der Waals surface area contributed by atoms with E-state index in [1.165, 1.54) is 22.4 Å². The topological polar surface area (TPSA) is 12.0 Å². The molecule has 0 aliphatic heterocycles. The van der Waals surface area contributed by atoms with Crippen molar-refractivity contribution >= 4 is 5.70 Å². The SMILES string of the molecule is C(/Cc1ccccc1)=C(\NCc1ccccc1)c1ccccc1. The molecule has 0 saturated heterocycles. The first kappa shape index (κ1) is 15.1. The van der Waals surface area contributed by atoms with E-state index < -0.39 is 0 Å². The Hall–Kier alpha value is -2.80. The molecule has 0 fully saturated rings. The fraction of sp³-hybridized carbons (Fsp3) is 0.0909. The Morgan fingerprint density at radius 3 is 1.78 bits per heavy atom. The molecule has 3 rings (SSSR count). The average molecular weight is 299 g/mol. The van der Waals surface area contributed by atoms with Crippen LogP contribution in [0.1, 0.15) is 16.7 Å². The van der Waals surface area contributed by atoms with Crippen molar-refractivity contribution in [3.8, 4) is 0 Å². The van der Waals surface area contributed by atoms with E-state index >= 15 is 0 Å². The van der Waals surface area contributed by atoms with Crippen LogP contribution in [0.2, 0.25) is 0 Å². The van der Waals surface area contributed by atoms with E-state index in [0.717, 1.165) is 13.0 Å². The molecule has 0 unspecified atom stereocenters. The van der Waals surface area contributed by atoms with Gasteiger partial charge in [-0.15, -0.1) is 0 Å². The van der Waals surface area contributed by atoms with Crippen LogP contribution in [0, 0.1) is 0 Å². The van der Waals surface area contributed by atoms with E-state index in [0.29, 0.717) is 0 Å². The molecule has 0 spiro atoms. The van der Waals surface area contributed by atoms with E-state index in [4.69, 9.17) is 0 Å². The molecule has 0 atom stereocenters. The van der Waals surface area contributed by atoms with Gasteiger partial charge in [0.25, 0.3) is 0 Å². The summed E-state index contributed by atoms with van der Waals surface area (Å²) in [6, 6.07) is 31.5. The maximum atomic E-state index is 3.58. The van der Waals surface area contributed by atoms with E-state index in [9.17, 15) is 0 Å². The number of allylic oxidation sites excluding steroid dienone is 1. The third-order valence-electron chi connectivity index (χ3n) is 3.80. The van der Waals surface area contributed by atoms with Gasteiger partial charge in [0.2, 0.25) is 0 Å². The second-order valence-corrected chi connectivity index (χ2v) is 5.51. The van der Waals surface area contributed by atoms with Crippen LogP contribution < -0.4 is 5.32 Å². The highest BCUT2D eigenvalue weighted by atomic mass is 14.9. The first-order chi connectivity index (χ1) is 11.4. The summed E-state index contributed by atoms with van der Waals surface area (Å²) in [6.07, 6.45) is 3.19. The van der Waals surface area contributed by atoms with Gasteiger partial charge in [-0.25, -0.2) is 0 Å². The lowest BCUT2D eigenvalue weighted by Gasteiger charge is -2.12. The van der Waals surface area contributed by atoms with Crippen LogP contribution in [-0.2, 0) is 13.0 Å². The Kier molecular flexibility index (Phi) is 5.25. The fourth-order valence-corrected chi connectivity index (χ4v) is 2.54. The predicted octanol–water partition coefficient (Wildman–Crippen LogP) is 5.06. The third-order valence-corrected chi connectivity index (χ3v) is 3.80. The van der Waals surface area contributed by atoms with Gasteiger partial charge in [-0.1, -0.05) is 97.1 Å². The Bertz CT molecular complexity index is 731. The highest BCUT2D eigenvalue weighted by molar-refractivity contribution is 5.64. The zero-order chi connectivity index (χ0) is 15.7. The van der Waals surface area contributed by atoms with Crippen molar-refractivity contribution in [3.63, 3.8) is 0 Å². The van der Waals surface area contributed by atoms with E-state index in [-0.39, 0.29) is 0 Å². The number of hydrogen-bond donors (Lipinski definition) is 1. The Morgan fingerprint density at radius 1 is 0.652 bits per heavy atom. The van der Waals surface area contributed by atoms with Crippen LogP contribution in [0.4, 0.5) is 0 Å². The van der Waals surface area contributed by atoms with Crippen molar-refractivity contribution in [2.45, 2.75) is 13.0 Å². The van der Waals surface area contributed by atoms with Crippen molar-refractivity contribution in [2.24, 2.45) is 0 Å². The lowest BCUT2D eigenvalue weighted by Crippen LogP contribution is -2.12. The molecule has 0 radical (unpaired) electrons. The second-order valence-electron chi connectivity index (χ2n) is 5.51. The minimum absolute atomic E-state index is 0.830. The molecule has 0 aliphatic rings. The molecule has 0 aromatic heterocycles. The molecule has 0 heterocycles. The van der Waals surface area contributed by atoms with Crippen LogP contribution in [0.5, 0.6) is 0 Å². The molecule has 3 aromatic carbocycles. The molecule has 1 N–H and O–H groups in total. The largest absolute Gasteiger partial charge is 0.381 e. The third kappa shape index (κ3) is 4.58. The van der Waals surface area contributed by atoms with Crippen LogP contribution in [0.3, 0.4) is 0 Å². The van der Waals surface area contributed by atoms with Gasteiger partial charge in [-0.05, 0) is 23.1 Å². The second kappa shape index (κ2) is 8.00. The van der Waals surface area contributed by atoms with Crippen LogP contribution in [0.25, 0.3) is 5.70 Å². The molecule has 0 amide bonds. The molecule has 114 valence electrons. The zero-order valence-electron chi connectivity index (χ0n) is 13.2. The van der Waals surface area contributed by atoms with Crippen molar-refractivity contribution in [2.75, 3.05) is 0 Å². The standard InChI is InChI=1S/C22H21N/c1-4-10-19(11-5-1)16-17-22(21-14-8-3-9-15-21)23-18-20-12-6-2-7-13-20/h1-15,17,23H,16,18H2/b22-17+. The van der Waals surface area contributed by atoms with Crippen molar-refractivity contribution in [3.05, 3.63) is 114 Å². The summed E-state index contributed by atoms with van der Waals surface area (Å²) in [4.78, 5) is 0. The Balaban J connectivity index is 1.76. The number of hydrogen-bond acceptors (Lipinski definition) is 1. The van der Waals surface area contributed by atoms with Crippen LogP contribution >= 0.6 is 0 Å². The normalized spacial score (nSPS) is 11.2. The van der Waals surface area contributed by atoms with Gasteiger partial charge in [-0.3, -0.25) is 0 Å². The van der Waals surface area contributed by atoms with E-state index in [1.54, 1.807) is 0 Å². The fourth-order valence-electron chi connectivity index (χ4n) is 2.54. The van der Waals surface area contributed by atoms with Gasteiger partial charge < -0.3 is 5.32 Å². The lowest BCUT2D eigenvalue weighted by atomic mass is 10.1. The molecule has 1 heteroatoms. The molecule has 23 heavy (non-hydrogen) atoms. The molecule has 1 nitrogen and oxygen atoms in total. The zero-order valence-corrected chi connectivity index (χ0v) is 13.2. The first-order valence-electron chi connectivity index (χ1n) is 7.99. The summed E-state index contributed by atoms with van der Waals surface area (Å²) in [5.41, 5.74) is 5.01. The monoisotopic (exact) mass is 299 g/mol. The maximum Gasteiger partial charge on any atom is 0.0400 e. The molecule has 0 bridgehead atoms. The maximum absolute atomic E-state index is 3.58. The van der Waals surface area contributed by atoms with Gasteiger partial charge in [-0.2, -0.15) is 0 Å². The Labute approximate surface area is 138 Å². The van der Waals surface area contributed by atoms with Gasteiger partial charge in [0.15, 0.2) is 0 Å². The van der Waals surface area contributed by atoms with Gasteiger partial charge in [0.1, 0.15) is 0 Å². The number of benzene rings is 3. The van der Waals surface area contributed by atoms with Gasteiger partial charge in [0.05, 0.1) is 0 Å². The highest BCUT2D eigenvalue weighted by Crippen LogP contribution is 2.14. The number of nitrogens with one attached hydrogen (secondary N) is 1. The summed E-state index contributed by atoms with van der Waals surface area (Å²) in [5.74, 6) is 0. The quantitative estimate of drug-likeness (QED) is 0.671. The lowest BCUT2D eigenvalue weighted by molar-refractivity contribution is 0.886. The minimum atomic E-state index is 0.830. The van der Waals surface area contributed by atoms with Crippen molar-refractivity contribution in [1.82, 2.24) is 5.32 Å². The molecule has 0 saturated carbocycles. The number of rotatable bonds is 6. The summed E-state index contributed by atoms with van der Waals surface area (Å²) in [5, 5.41) is 3.58. The smallest absolute Gasteiger partial charge is 0.0400 e. The minimum Gasteiger partial charge on any atom is -0.381 e. The first-order valence-corrected chi connectivity index (χ1v) is 7.99. The summed E-state index contributed by atoms with van der Waals surface area (Å²) in [6.45, 7) is 0.830. The average Bonchev–Trinajstić information content (AvgIpc) is 2.64. The molecular weight excluding hydrogens is 278 g/mol. The van der Waals surface area contributed by atoms with E-state index in [2.05, 4.69) is 96.3 Å². The molecular formula is C22H21N. The molecule has 3 aromatic rings. The summed E-state index contributed by atoms with van der Waals surface area (Å²) < 4.78 is 0.